The standard InChI is InChI=1S/C12H12F3NO4S/c13-12(14,15)10(17)8-16-11(18)6-7-21(19,20)9-4-2-1-3-5-9/h1-7,10,17H,8H2,(H,16,18)/b7-6+. The summed E-state index contributed by atoms with van der Waals surface area (Å²) in [4.78, 5) is 11.2. The van der Waals surface area contributed by atoms with Gasteiger partial charge >= 0.3 is 6.18 Å². The van der Waals surface area contributed by atoms with Crippen molar-refractivity contribution in [3.63, 3.8) is 0 Å². The molecular weight excluding hydrogens is 311 g/mol. The molecule has 0 saturated heterocycles. The Morgan fingerprint density at radius 2 is 1.86 bits per heavy atom. The number of nitrogens with one attached hydrogen (secondary N) is 1. The van der Waals surface area contributed by atoms with Crippen molar-refractivity contribution in [3.05, 3.63) is 41.8 Å². The van der Waals surface area contributed by atoms with E-state index in [0.29, 0.717) is 11.5 Å². The van der Waals surface area contributed by atoms with Gasteiger partial charge in [0.2, 0.25) is 5.91 Å². The molecule has 1 aromatic rings. The second kappa shape index (κ2) is 6.72. The zero-order valence-electron chi connectivity index (χ0n) is 10.5. The van der Waals surface area contributed by atoms with E-state index < -0.39 is 34.6 Å². The molecule has 0 aliphatic carbocycles. The third kappa shape index (κ3) is 5.56. The number of benzene rings is 1. The average Bonchev–Trinajstić information content (AvgIpc) is 2.42. The summed E-state index contributed by atoms with van der Waals surface area (Å²) in [6.45, 7) is -1.06. The van der Waals surface area contributed by atoms with Crippen LogP contribution in [0.4, 0.5) is 13.2 Å². The molecule has 0 radical (unpaired) electrons. The van der Waals surface area contributed by atoms with Gasteiger partial charge in [-0.05, 0) is 12.1 Å². The smallest absolute Gasteiger partial charge is 0.382 e. The highest BCUT2D eigenvalue weighted by Gasteiger charge is 2.38. The fourth-order valence-corrected chi connectivity index (χ4v) is 2.21. The first-order chi connectivity index (χ1) is 9.63. The van der Waals surface area contributed by atoms with Gasteiger partial charge in [-0.2, -0.15) is 13.2 Å². The first-order valence-electron chi connectivity index (χ1n) is 5.64. The predicted octanol–water partition coefficient (Wildman–Crippen LogP) is 1.01. The summed E-state index contributed by atoms with van der Waals surface area (Å²) in [7, 11) is -3.85. The van der Waals surface area contributed by atoms with Crippen LogP contribution in [-0.2, 0) is 14.6 Å². The van der Waals surface area contributed by atoms with E-state index >= 15 is 0 Å². The summed E-state index contributed by atoms with van der Waals surface area (Å²) in [6, 6.07) is 7.20. The van der Waals surface area contributed by atoms with Gasteiger partial charge in [0, 0.05) is 11.5 Å². The number of halogens is 3. The highest BCUT2D eigenvalue weighted by atomic mass is 32.2. The van der Waals surface area contributed by atoms with E-state index in [-0.39, 0.29) is 4.90 Å². The zero-order chi connectivity index (χ0) is 16.1. The zero-order valence-corrected chi connectivity index (χ0v) is 11.4. The van der Waals surface area contributed by atoms with Crippen molar-refractivity contribution >= 4 is 15.7 Å². The van der Waals surface area contributed by atoms with Crippen LogP contribution >= 0.6 is 0 Å². The number of amides is 1. The van der Waals surface area contributed by atoms with Crippen LogP contribution in [0.3, 0.4) is 0 Å². The highest BCUT2D eigenvalue weighted by molar-refractivity contribution is 7.94. The van der Waals surface area contributed by atoms with E-state index in [0.717, 1.165) is 0 Å². The van der Waals surface area contributed by atoms with Crippen molar-refractivity contribution in [2.75, 3.05) is 6.54 Å². The van der Waals surface area contributed by atoms with Gasteiger partial charge in [0.15, 0.2) is 15.9 Å². The second-order valence-electron chi connectivity index (χ2n) is 3.96. The summed E-state index contributed by atoms with van der Waals surface area (Å²) >= 11 is 0. The number of sulfone groups is 1. The highest BCUT2D eigenvalue weighted by Crippen LogP contribution is 2.19. The van der Waals surface area contributed by atoms with Crippen molar-refractivity contribution in [2.45, 2.75) is 17.2 Å². The molecule has 1 atom stereocenters. The van der Waals surface area contributed by atoms with Crippen LogP contribution in [0.2, 0.25) is 0 Å². The van der Waals surface area contributed by atoms with Crippen molar-refractivity contribution in [2.24, 2.45) is 0 Å². The number of carbonyl (C=O) groups is 1. The Balaban J connectivity index is 2.63. The lowest BCUT2D eigenvalue weighted by Gasteiger charge is -2.14. The lowest BCUT2D eigenvalue weighted by atomic mass is 10.3. The van der Waals surface area contributed by atoms with Crippen LogP contribution in [-0.4, -0.2) is 38.3 Å². The summed E-state index contributed by atoms with van der Waals surface area (Å²) in [5, 5.41) is 11.0. The number of hydrogen-bond donors (Lipinski definition) is 2. The second-order valence-corrected chi connectivity index (χ2v) is 5.80. The van der Waals surface area contributed by atoms with Crippen molar-refractivity contribution < 1.29 is 31.5 Å². The summed E-state index contributed by atoms with van der Waals surface area (Å²) in [6.07, 6.45) is -6.97. The molecule has 0 aliphatic rings. The van der Waals surface area contributed by atoms with E-state index in [1.165, 1.54) is 24.3 Å². The Kier molecular flexibility index (Phi) is 5.50. The van der Waals surface area contributed by atoms with Crippen LogP contribution in [0.5, 0.6) is 0 Å². The maximum Gasteiger partial charge on any atom is 0.416 e. The van der Waals surface area contributed by atoms with E-state index in [4.69, 9.17) is 5.11 Å². The van der Waals surface area contributed by atoms with E-state index in [1.54, 1.807) is 11.4 Å². The molecule has 0 fully saturated rings. The number of alkyl halides is 3. The third-order valence-electron chi connectivity index (χ3n) is 2.32. The minimum Gasteiger partial charge on any atom is -0.382 e. The number of hydrogen-bond acceptors (Lipinski definition) is 4. The fraction of sp³-hybridized carbons (Fsp3) is 0.250. The molecular formula is C12H12F3NO4S. The maximum atomic E-state index is 12.0. The van der Waals surface area contributed by atoms with Crippen LogP contribution in [0, 0.1) is 0 Å². The Labute approximate surface area is 119 Å². The van der Waals surface area contributed by atoms with Gasteiger partial charge in [-0.3, -0.25) is 4.79 Å². The van der Waals surface area contributed by atoms with Crippen molar-refractivity contribution in [1.29, 1.82) is 0 Å². The number of aliphatic hydroxyl groups is 1. The van der Waals surface area contributed by atoms with Crippen molar-refractivity contribution in [1.82, 2.24) is 5.32 Å². The van der Waals surface area contributed by atoms with E-state index in [2.05, 4.69) is 0 Å². The minimum absolute atomic E-state index is 0.0515. The van der Waals surface area contributed by atoms with Gasteiger partial charge in [-0.15, -0.1) is 0 Å². The van der Waals surface area contributed by atoms with Crippen LogP contribution in [0.1, 0.15) is 0 Å². The molecule has 1 unspecified atom stereocenters. The molecule has 0 aliphatic heterocycles. The lowest BCUT2D eigenvalue weighted by Crippen LogP contribution is -2.40. The van der Waals surface area contributed by atoms with Crippen molar-refractivity contribution in [3.8, 4) is 0 Å². The molecule has 21 heavy (non-hydrogen) atoms. The molecule has 2 N–H and O–H groups in total. The Morgan fingerprint density at radius 3 is 2.38 bits per heavy atom. The topological polar surface area (TPSA) is 83.5 Å². The first kappa shape index (κ1) is 17.2. The molecule has 116 valence electrons. The van der Waals surface area contributed by atoms with Gasteiger partial charge in [0.25, 0.3) is 0 Å². The minimum atomic E-state index is -4.85. The van der Waals surface area contributed by atoms with Gasteiger partial charge < -0.3 is 10.4 Å². The van der Waals surface area contributed by atoms with Gasteiger partial charge in [0.1, 0.15) is 0 Å². The number of rotatable bonds is 5. The monoisotopic (exact) mass is 323 g/mol. The normalized spacial score (nSPS) is 14.1. The SMILES string of the molecule is O=C(/C=C/S(=O)(=O)c1ccccc1)NCC(O)C(F)(F)F. The Hall–Kier alpha value is -1.87. The summed E-state index contributed by atoms with van der Waals surface area (Å²) < 4.78 is 59.4. The first-order valence-corrected chi connectivity index (χ1v) is 7.18. The fourth-order valence-electron chi connectivity index (χ4n) is 1.21. The van der Waals surface area contributed by atoms with E-state index in [9.17, 15) is 26.4 Å². The molecule has 9 heteroatoms. The van der Waals surface area contributed by atoms with Crippen LogP contribution in [0.25, 0.3) is 0 Å². The largest absolute Gasteiger partial charge is 0.416 e. The Bertz CT molecular complexity index is 611. The molecule has 0 bridgehead atoms. The molecule has 5 nitrogen and oxygen atoms in total. The van der Waals surface area contributed by atoms with Gasteiger partial charge in [-0.25, -0.2) is 8.42 Å². The van der Waals surface area contributed by atoms with E-state index in [1.807, 2.05) is 0 Å². The number of aliphatic hydroxyl groups excluding tert-OH is 1. The predicted molar refractivity (Wildman–Crippen MR) is 67.8 cm³/mol. The quantitative estimate of drug-likeness (QED) is 0.792. The molecule has 0 aromatic heterocycles. The maximum absolute atomic E-state index is 12.0. The molecule has 1 rings (SSSR count). The number of carbonyl (C=O) groups excluding carboxylic acids is 1. The molecule has 1 aromatic carbocycles. The molecule has 0 saturated carbocycles. The molecule has 0 spiro atoms. The summed E-state index contributed by atoms with van der Waals surface area (Å²) in [5.41, 5.74) is 0. The lowest BCUT2D eigenvalue weighted by molar-refractivity contribution is -0.201. The third-order valence-corrected chi connectivity index (χ3v) is 3.74. The molecule has 1 amide bonds. The Morgan fingerprint density at radius 1 is 1.29 bits per heavy atom. The van der Waals surface area contributed by atoms with Crippen LogP contribution < -0.4 is 5.32 Å². The summed E-state index contributed by atoms with van der Waals surface area (Å²) in [5.74, 6) is -1.06. The van der Waals surface area contributed by atoms with Crippen LogP contribution in [0.15, 0.2) is 46.7 Å². The van der Waals surface area contributed by atoms with Gasteiger partial charge in [0.05, 0.1) is 11.4 Å². The van der Waals surface area contributed by atoms with Gasteiger partial charge in [-0.1, -0.05) is 18.2 Å². The molecule has 0 heterocycles. The average molecular weight is 323 g/mol.